The third kappa shape index (κ3) is 4.18. The quantitative estimate of drug-likeness (QED) is 0.771. The average Bonchev–Trinajstić information content (AvgIpc) is 2.67. The molecule has 1 saturated heterocycles. The molecule has 6 nitrogen and oxygen atoms in total. The lowest BCUT2D eigenvalue weighted by Crippen LogP contribution is -2.45. The predicted octanol–water partition coefficient (Wildman–Crippen LogP) is 3.15. The molecule has 0 saturated carbocycles. The number of nitrogens with zero attached hydrogens (tertiary/aromatic N) is 4. The number of piperidine rings is 1. The highest BCUT2D eigenvalue weighted by atomic mass is 32.2. The van der Waals surface area contributed by atoms with Crippen LogP contribution in [0.2, 0.25) is 0 Å². The Bertz CT molecular complexity index is 948. The molecule has 152 valence electrons. The highest BCUT2D eigenvalue weighted by Gasteiger charge is 2.34. The first-order valence-corrected chi connectivity index (χ1v) is 10.2. The summed E-state index contributed by atoms with van der Waals surface area (Å²) in [6.07, 6.45) is -0.234. The summed E-state index contributed by atoms with van der Waals surface area (Å²) in [6, 6.07) is 4.94. The largest absolute Gasteiger partial charge is 0.416 e. The Morgan fingerprint density at radius 3 is 2.57 bits per heavy atom. The summed E-state index contributed by atoms with van der Waals surface area (Å²) in [6.45, 7) is 0.612. The number of hydrogen-bond donors (Lipinski definition) is 0. The van der Waals surface area contributed by atoms with Crippen molar-refractivity contribution in [1.29, 1.82) is 0 Å². The zero-order valence-electron chi connectivity index (χ0n) is 15.5. The Hall–Kier alpha value is -2.04. The monoisotopic (exact) mass is 414 g/mol. The van der Waals surface area contributed by atoms with Crippen LogP contribution in [0.15, 0.2) is 36.7 Å². The third-order valence-corrected chi connectivity index (χ3v) is 6.66. The smallest absolute Gasteiger partial charge is 0.257 e. The van der Waals surface area contributed by atoms with Gasteiger partial charge in [0.05, 0.1) is 17.0 Å². The maximum absolute atomic E-state index is 13.1. The van der Waals surface area contributed by atoms with Crippen LogP contribution in [0.25, 0.3) is 11.3 Å². The zero-order valence-corrected chi connectivity index (χ0v) is 16.3. The van der Waals surface area contributed by atoms with Gasteiger partial charge in [-0.3, -0.25) is 9.97 Å². The van der Waals surface area contributed by atoms with Crippen molar-refractivity contribution >= 4 is 10.2 Å². The first-order chi connectivity index (χ1) is 13.1. The first kappa shape index (κ1) is 20.7. The van der Waals surface area contributed by atoms with Gasteiger partial charge in [0.15, 0.2) is 0 Å². The van der Waals surface area contributed by atoms with Crippen molar-refractivity contribution in [3.05, 3.63) is 47.9 Å². The van der Waals surface area contributed by atoms with Gasteiger partial charge in [-0.05, 0) is 25.0 Å². The van der Waals surface area contributed by atoms with Gasteiger partial charge in [-0.25, -0.2) is 0 Å². The molecule has 2 aromatic rings. The summed E-state index contributed by atoms with van der Waals surface area (Å²) in [5.74, 6) is -0.248. The molecule has 1 aromatic carbocycles. The molecule has 0 unspecified atom stereocenters. The lowest BCUT2D eigenvalue weighted by Gasteiger charge is -2.33. The van der Waals surface area contributed by atoms with Crippen LogP contribution < -0.4 is 0 Å². The normalized spacial score (nSPS) is 19.1. The number of benzene rings is 1. The SMILES string of the molecule is CN(C)S(=O)(=O)N1CCC[C@@H](c2nccnc2-c2cccc(C(F)(F)F)c2)C1. The second-order valence-corrected chi connectivity index (χ2v) is 9.00. The molecular formula is C18H21F3N4O2S. The Morgan fingerprint density at radius 1 is 1.18 bits per heavy atom. The van der Waals surface area contributed by atoms with Gasteiger partial charge in [0, 0.05) is 51.1 Å². The van der Waals surface area contributed by atoms with Crippen LogP contribution in [0.4, 0.5) is 13.2 Å². The topological polar surface area (TPSA) is 66.4 Å². The molecule has 0 bridgehead atoms. The van der Waals surface area contributed by atoms with E-state index < -0.39 is 21.9 Å². The van der Waals surface area contributed by atoms with Crippen LogP contribution >= 0.6 is 0 Å². The van der Waals surface area contributed by atoms with Crippen LogP contribution in [0.1, 0.15) is 30.0 Å². The Labute approximate surface area is 162 Å². The van der Waals surface area contributed by atoms with E-state index in [1.54, 1.807) is 6.07 Å². The van der Waals surface area contributed by atoms with Crippen molar-refractivity contribution in [3.63, 3.8) is 0 Å². The van der Waals surface area contributed by atoms with Crippen LogP contribution in [0.3, 0.4) is 0 Å². The summed E-state index contributed by atoms with van der Waals surface area (Å²) < 4.78 is 66.7. The van der Waals surface area contributed by atoms with Crippen LogP contribution in [0, 0.1) is 0 Å². The minimum Gasteiger partial charge on any atom is -0.257 e. The molecule has 3 rings (SSSR count). The van der Waals surface area contributed by atoms with Crippen molar-refractivity contribution in [1.82, 2.24) is 18.6 Å². The predicted molar refractivity (Wildman–Crippen MR) is 98.6 cm³/mol. The van der Waals surface area contributed by atoms with Gasteiger partial charge in [-0.15, -0.1) is 0 Å². The molecule has 1 aliphatic rings. The van der Waals surface area contributed by atoms with E-state index in [4.69, 9.17) is 0 Å². The standard InChI is InChI=1S/C18H21F3N4O2S/c1-24(2)28(26,27)25-10-4-6-14(12-25)17-16(22-8-9-23-17)13-5-3-7-15(11-13)18(19,20)21/h3,5,7-9,11,14H,4,6,10,12H2,1-2H3/t14-/m1/s1. The number of rotatable bonds is 4. The van der Waals surface area contributed by atoms with Gasteiger partial charge in [0.25, 0.3) is 10.2 Å². The summed E-state index contributed by atoms with van der Waals surface area (Å²) in [5, 5.41) is 0. The molecule has 10 heteroatoms. The average molecular weight is 414 g/mol. The number of aromatic nitrogens is 2. The van der Waals surface area contributed by atoms with E-state index in [9.17, 15) is 21.6 Å². The van der Waals surface area contributed by atoms with Crippen molar-refractivity contribution in [2.45, 2.75) is 24.9 Å². The number of alkyl halides is 3. The summed E-state index contributed by atoms with van der Waals surface area (Å²) in [5.41, 5.74) is 0.413. The molecular weight excluding hydrogens is 393 g/mol. The maximum Gasteiger partial charge on any atom is 0.416 e. The van der Waals surface area contributed by atoms with Crippen molar-refractivity contribution in [2.24, 2.45) is 0 Å². The van der Waals surface area contributed by atoms with Crippen LogP contribution in [0.5, 0.6) is 0 Å². The Morgan fingerprint density at radius 2 is 1.89 bits per heavy atom. The lowest BCUT2D eigenvalue weighted by molar-refractivity contribution is -0.137. The van der Waals surface area contributed by atoms with Gasteiger partial charge < -0.3 is 0 Å². The Balaban J connectivity index is 1.97. The highest BCUT2D eigenvalue weighted by molar-refractivity contribution is 7.86. The lowest BCUT2D eigenvalue weighted by atomic mass is 9.92. The van der Waals surface area contributed by atoms with E-state index in [0.29, 0.717) is 36.3 Å². The van der Waals surface area contributed by atoms with Crippen molar-refractivity contribution in [2.75, 3.05) is 27.2 Å². The zero-order chi connectivity index (χ0) is 20.5. The fourth-order valence-corrected chi connectivity index (χ4v) is 4.51. The molecule has 0 spiro atoms. The second-order valence-electron chi connectivity index (χ2n) is 6.86. The van der Waals surface area contributed by atoms with Gasteiger partial charge in [-0.1, -0.05) is 12.1 Å². The van der Waals surface area contributed by atoms with Gasteiger partial charge in [-0.2, -0.15) is 30.2 Å². The van der Waals surface area contributed by atoms with E-state index in [1.807, 2.05) is 0 Å². The first-order valence-electron chi connectivity index (χ1n) is 8.77. The van der Waals surface area contributed by atoms with Gasteiger partial charge in [0.1, 0.15) is 0 Å². The fourth-order valence-electron chi connectivity index (χ4n) is 3.32. The van der Waals surface area contributed by atoms with Crippen LogP contribution in [-0.2, 0) is 16.4 Å². The van der Waals surface area contributed by atoms with Gasteiger partial charge >= 0.3 is 6.18 Å². The molecule has 1 atom stereocenters. The van der Waals surface area contributed by atoms with E-state index >= 15 is 0 Å². The highest BCUT2D eigenvalue weighted by Crippen LogP contribution is 2.35. The fraction of sp³-hybridized carbons (Fsp3) is 0.444. The molecule has 1 aliphatic heterocycles. The molecule has 2 heterocycles. The molecule has 0 amide bonds. The third-order valence-electron chi connectivity index (χ3n) is 4.75. The minimum atomic E-state index is -4.46. The summed E-state index contributed by atoms with van der Waals surface area (Å²) in [7, 11) is -0.640. The van der Waals surface area contributed by atoms with E-state index in [-0.39, 0.29) is 12.5 Å². The number of halogens is 3. The summed E-state index contributed by atoms with van der Waals surface area (Å²) >= 11 is 0. The molecule has 1 aromatic heterocycles. The number of hydrogen-bond acceptors (Lipinski definition) is 4. The molecule has 0 aliphatic carbocycles. The van der Waals surface area contributed by atoms with Gasteiger partial charge in [0.2, 0.25) is 0 Å². The second kappa shape index (κ2) is 7.76. The molecule has 28 heavy (non-hydrogen) atoms. The minimum absolute atomic E-state index is 0.213. The van der Waals surface area contributed by atoms with E-state index in [0.717, 1.165) is 16.4 Å². The van der Waals surface area contributed by atoms with Crippen LogP contribution in [-0.4, -0.2) is 54.2 Å². The van der Waals surface area contributed by atoms with E-state index in [1.165, 1.54) is 36.9 Å². The van der Waals surface area contributed by atoms with Crippen molar-refractivity contribution < 1.29 is 21.6 Å². The Kier molecular flexibility index (Phi) is 5.74. The molecule has 1 fully saturated rings. The van der Waals surface area contributed by atoms with Crippen molar-refractivity contribution in [3.8, 4) is 11.3 Å². The summed E-state index contributed by atoms with van der Waals surface area (Å²) in [4.78, 5) is 8.61. The van der Waals surface area contributed by atoms with E-state index in [2.05, 4.69) is 9.97 Å². The molecule has 0 radical (unpaired) electrons. The molecule has 0 N–H and O–H groups in total. The maximum atomic E-state index is 13.1.